The molecule has 5 aromatic rings. The molecule has 0 atom stereocenters. The molecule has 3 heteroatoms. The van der Waals surface area contributed by atoms with Crippen molar-refractivity contribution in [3.05, 3.63) is 148 Å². The molecule has 5 aromatic carbocycles. The minimum Gasteiger partial charge on any atom is -1.00 e. The fourth-order valence-electron chi connectivity index (χ4n) is 5.38. The molecule has 45 heavy (non-hydrogen) atoms. The van der Waals surface area contributed by atoms with E-state index < -0.39 is 0 Å². The molecule has 0 saturated heterocycles. The van der Waals surface area contributed by atoms with Gasteiger partial charge >= 0.3 is 70.3 Å². The van der Waals surface area contributed by atoms with E-state index in [2.05, 4.69) is 169 Å². The van der Waals surface area contributed by atoms with Crippen molar-refractivity contribution in [2.24, 2.45) is 0 Å². The quantitative estimate of drug-likeness (QED) is 0.221. The van der Waals surface area contributed by atoms with E-state index in [1.54, 1.807) is 0 Å². The van der Waals surface area contributed by atoms with Crippen LogP contribution >= 0.6 is 0 Å². The molecule has 0 aromatic heterocycles. The molecule has 0 heterocycles. The van der Waals surface area contributed by atoms with Crippen molar-refractivity contribution >= 4 is 3.71 Å². The van der Waals surface area contributed by atoms with E-state index >= 15 is 0 Å². The number of aryl methyl sites for hydroxylation is 3. The fraction of sp³-hybridized carbons (Fsp3) is 0.286. The SMILES string of the molecule is CC(C)(C)c1c[c-]c2c(c1)-c1cc(C(C)(C)C)ccc1C2.Cc1cc(-c2ccccc2)c(C)[cH-]1.Cc1ccc([CH]=[Zr+2])cc1.[Cl-].[Cl-]. The topological polar surface area (TPSA) is 0 Å². The van der Waals surface area contributed by atoms with E-state index in [1.807, 2.05) is 0 Å². The van der Waals surface area contributed by atoms with Crippen LogP contribution in [-0.4, -0.2) is 3.71 Å². The summed E-state index contributed by atoms with van der Waals surface area (Å²) in [5.41, 5.74) is 16.8. The van der Waals surface area contributed by atoms with Crippen LogP contribution in [0.2, 0.25) is 0 Å². The van der Waals surface area contributed by atoms with E-state index in [-0.39, 0.29) is 35.6 Å². The zero-order chi connectivity index (χ0) is 31.4. The van der Waals surface area contributed by atoms with Gasteiger partial charge in [-0.3, -0.25) is 0 Å². The molecule has 0 nitrogen and oxygen atoms in total. The third-order valence-corrected chi connectivity index (χ3v) is 8.92. The Balaban J connectivity index is 0.000000252. The second kappa shape index (κ2) is 16.4. The van der Waals surface area contributed by atoms with Crippen LogP contribution in [0.15, 0.2) is 97.1 Å². The summed E-state index contributed by atoms with van der Waals surface area (Å²) in [5.74, 6) is 0. The maximum atomic E-state index is 3.53. The van der Waals surface area contributed by atoms with E-state index in [0.29, 0.717) is 0 Å². The number of hydrogen-bond acceptors (Lipinski definition) is 0. The van der Waals surface area contributed by atoms with Crippen molar-refractivity contribution in [1.82, 2.24) is 0 Å². The molecule has 1 aliphatic carbocycles. The zero-order valence-corrected chi connectivity index (χ0v) is 32.2. The van der Waals surface area contributed by atoms with Gasteiger partial charge in [0, 0.05) is 0 Å². The van der Waals surface area contributed by atoms with Crippen LogP contribution in [-0.2, 0) is 41.5 Å². The smallest absolute Gasteiger partial charge is 1.00 e. The summed E-state index contributed by atoms with van der Waals surface area (Å²) in [5, 5.41) is 0. The molecular formula is C42H46Cl2Zr-2. The maximum Gasteiger partial charge on any atom is -1.00 e. The van der Waals surface area contributed by atoms with Crippen LogP contribution in [0.3, 0.4) is 0 Å². The van der Waals surface area contributed by atoms with Gasteiger partial charge in [-0.05, 0) is 17.4 Å². The summed E-state index contributed by atoms with van der Waals surface area (Å²) in [4.78, 5) is 0. The van der Waals surface area contributed by atoms with Gasteiger partial charge in [0.2, 0.25) is 0 Å². The molecule has 0 fully saturated rings. The average Bonchev–Trinajstić information content (AvgIpc) is 3.51. The Hall–Kier alpha value is -2.44. The minimum atomic E-state index is 0. The van der Waals surface area contributed by atoms with Crippen LogP contribution in [0.25, 0.3) is 22.3 Å². The number of halogens is 2. The Morgan fingerprint density at radius 3 is 1.82 bits per heavy atom. The summed E-state index contributed by atoms with van der Waals surface area (Å²) < 4.78 is 2.19. The maximum absolute atomic E-state index is 3.53. The van der Waals surface area contributed by atoms with Crippen molar-refractivity contribution in [2.45, 2.75) is 79.6 Å². The molecular weight excluding hydrogens is 667 g/mol. The van der Waals surface area contributed by atoms with Gasteiger partial charge in [-0.1, -0.05) is 126 Å². The van der Waals surface area contributed by atoms with Crippen LogP contribution in [0, 0.1) is 26.8 Å². The first kappa shape index (κ1) is 38.7. The van der Waals surface area contributed by atoms with Gasteiger partial charge in [-0.15, -0.1) is 5.56 Å². The monoisotopic (exact) mass is 710 g/mol. The molecule has 6 rings (SSSR count). The largest absolute Gasteiger partial charge is 1.00 e. The molecule has 1 aliphatic rings. The standard InChI is InChI=1S/C21H25.C13H13.C8H8.2ClH.Zr/c1-20(2,3)16-9-7-14-11-15-8-10-17(21(4,5)6)13-19(15)18(14)12-16;1-10-8-11(2)13(9-10)12-6-4-3-5-7-12;1-7-3-5-8(2)6-4-7;;;/h7,9-10,12-13H,11H2,1-6H3;3-9H,1-2H3;1,3-6H,2H3;2*1H;/q2*-1;;;;+2/p-2. The van der Waals surface area contributed by atoms with E-state index in [1.165, 1.54) is 91.0 Å². The Kier molecular flexibility index (Phi) is 14.1. The molecule has 234 valence electrons. The summed E-state index contributed by atoms with van der Waals surface area (Å²) in [7, 11) is 0. The van der Waals surface area contributed by atoms with Crippen LogP contribution < -0.4 is 24.8 Å². The molecule has 0 aliphatic heterocycles. The van der Waals surface area contributed by atoms with Gasteiger partial charge in [0.25, 0.3) is 0 Å². The number of hydrogen-bond donors (Lipinski definition) is 0. The van der Waals surface area contributed by atoms with Gasteiger partial charge in [0.05, 0.1) is 0 Å². The molecule has 0 N–H and O–H groups in total. The Morgan fingerprint density at radius 1 is 0.689 bits per heavy atom. The first-order valence-electron chi connectivity index (χ1n) is 15.3. The van der Waals surface area contributed by atoms with Gasteiger partial charge in [0.1, 0.15) is 0 Å². The van der Waals surface area contributed by atoms with Gasteiger partial charge in [-0.25, -0.2) is 6.07 Å². The van der Waals surface area contributed by atoms with Gasteiger partial charge in [-0.2, -0.15) is 52.1 Å². The fourth-order valence-corrected chi connectivity index (χ4v) is 5.85. The van der Waals surface area contributed by atoms with Crippen molar-refractivity contribution in [3.63, 3.8) is 0 Å². The third kappa shape index (κ3) is 10.3. The van der Waals surface area contributed by atoms with Gasteiger partial charge < -0.3 is 24.8 Å². The number of rotatable bonds is 2. The normalized spacial score (nSPS) is 11.4. The number of benzene rings is 4. The van der Waals surface area contributed by atoms with Crippen molar-refractivity contribution < 1.29 is 49.0 Å². The second-order valence-corrected chi connectivity index (χ2v) is 14.6. The molecule has 0 spiro atoms. The molecule has 0 radical (unpaired) electrons. The average molecular weight is 713 g/mol. The molecule has 0 amide bonds. The molecule has 0 unspecified atom stereocenters. The van der Waals surface area contributed by atoms with Crippen molar-refractivity contribution in [1.29, 1.82) is 0 Å². The van der Waals surface area contributed by atoms with Crippen molar-refractivity contribution in [3.8, 4) is 22.3 Å². The Labute approximate surface area is 300 Å². The van der Waals surface area contributed by atoms with Crippen LogP contribution in [0.5, 0.6) is 0 Å². The van der Waals surface area contributed by atoms with Gasteiger partial charge in [0.15, 0.2) is 0 Å². The summed E-state index contributed by atoms with van der Waals surface area (Å²) in [6.45, 7) is 20.0. The van der Waals surface area contributed by atoms with E-state index in [9.17, 15) is 0 Å². The van der Waals surface area contributed by atoms with E-state index in [0.717, 1.165) is 6.42 Å². The first-order chi connectivity index (χ1) is 20.3. The predicted octanol–water partition coefficient (Wildman–Crippen LogP) is 5.04. The predicted molar refractivity (Wildman–Crippen MR) is 184 cm³/mol. The first-order valence-corrected chi connectivity index (χ1v) is 16.7. The van der Waals surface area contributed by atoms with Crippen LogP contribution in [0.1, 0.15) is 86.1 Å². The summed E-state index contributed by atoms with van der Waals surface area (Å²) >= 11 is 1.47. The Bertz CT molecular complexity index is 1620. The van der Waals surface area contributed by atoms with E-state index in [4.69, 9.17) is 0 Å². The minimum absolute atomic E-state index is 0. The second-order valence-electron chi connectivity index (χ2n) is 13.9. The Morgan fingerprint density at radius 2 is 1.29 bits per heavy atom. The summed E-state index contributed by atoms with van der Waals surface area (Å²) in [6, 6.07) is 38.6. The van der Waals surface area contributed by atoms with Crippen molar-refractivity contribution in [2.75, 3.05) is 0 Å². The zero-order valence-electron chi connectivity index (χ0n) is 28.3. The van der Waals surface area contributed by atoms with Crippen LogP contribution in [0.4, 0.5) is 0 Å². The molecule has 0 bridgehead atoms. The summed E-state index contributed by atoms with van der Waals surface area (Å²) in [6.07, 6.45) is 1.03. The molecule has 0 saturated carbocycles. The third-order valence-electron chi connectivity index (χ3n) is 8.10. The number of fused-ring (bicyclic) bond motifs is 3.